The van der Waals surface area contributed by atoms with E-state index in [0.717, 1.165) is 13.1 Å². The number of hydrogen-bond acceptors (Lipinski definition) is 3. The molecule has 2 saturated heterocycles. The quantitative estimate of drug-likeness (QED) is 0.686. The van der Waals surface area contributed by atoms with Crippen molar-refractivity contribution in [1.82, 2.24) is 9.80 Å². The fraction of sp³-hybridized carbons (Fsp3) is 0.917. The number of nitrogens with zero attached hydrogens (tertiary/aromatic N) is 2. The summed E-state index contributed by atoms with van der Waals surface area (Å²) in [6, 6.07) is 0. The summed E-state index contributed by atoms with van der Waals surface area (Å²) in [7, 11) is 2.20. The molecule has 1 radical (unpaired) electrons. The Labute approximate surface area is 93.4 Å². The van der Waals surface area contributed by atoms with E-state index in [2.05, 4.69) is 37.1 Å². The summed E-state index contributed by atoms with van der Waals surface area (Å²) < 4.78 is 6.18. The maximum Gasteiger partial charge on any atom is 0.108 e. The van der Waals surface area contributed by atoms with Gasteiger partial charge in [0.05, 0.1) is 5.60 Å². The van der Waals surface area contributed by atoms with Crippen LogP contribution in [0.1, 0.15) is 26.7 Å². The molecule has 0 saturated carbocycles. The molecule has 2 fully saturated rings. The van der Waals surface area contributed by atoms with E-state index in [1.807, 2.05) is 0 Å². The number of ether oxygens (including phenoxy) is 1. The Morgan fingerprint density at radius 2 is 2.07 bits per heavy atom. The zero-order valence-electron chi connectivity index (χ0n) is 10.2. The van der Waals surface area contributed by atoms with Crippen molar-refractivity contribution in [3.05, 3.63) is 6.42 Å². The molecule has 0 aromatic heterocycles. The maximum absolute atomic E-state index is 6.18. The van der Waals surface area contributed by atoms with Crippen LogP contribution in [0.5, 0.6) is 0 Å². The molecule has 15 heavy (non-hydrogen) atoms. The first kappa shape index (κ1) is 11.4. The molecule has 1 atom stereocenters. The lowest BCUT2D eigenvalue weighted by Gasteiger charge is -2.36. The van der Waals surface area contributed by atoms with Gasteiger partial charge >= 0.3 is 0 Å². The Hall–Kier alpha value is -0.120. The Morgan fingerprint density at radius 1 is 1.40 bits per heavy atom. The lowest BCUT2D eigenvalue weighted by atomic mass is 9.91. The highest BCUT2D eigenvalue weighted by Gasteiger charge is 2.44. The summed E-state index contributed by atoms with van der Waals surface area (Å²) in [5, 5.41) is 0. The molecule has 0 N–H and O–H groups in total. The molecular formula is C12H23N2O. The van der Waals surface area contributed by atoms with Crippen LogP contribution < -0.4 is 0 Å². The lowest BCUT2D eigenvalue weighted by Crippen LogP contribution is -2.45. The standard InChI is InChI=1S/C12H23N2O/c1-4-7-14-10-12(15-11(14)2)5-8-13(3)9-6-12/h4,11H,5-10H2,1-3H3. The third-order valence-electron chi connectivity index (χ3n) is 3.74. The molecule has 2 rings (SSSR count). The average Bonchev–Trinajstić information content (AvgIpc) is 2.50. The van der Waals surface area contributed by atoms with E-state index in [-0.39, 0.29) is 5.60 Å². The molecule has 3 heteroatoms. The summed E-state index contributed by atoms with van der Waals surface area (Å²) in [4.78, 5) is 4.83. The fourth-order valence-electron chi connectivity index (χ4n) is 2.72. The van der Waals surface area contributed by atoms with E-state index in [4.69, 9.17) is 4.74 Å². The summed E-state index contributed by atoms with van der Waals surface area (Å²) >= 11 is 0. The monoisotopic (exact) mass is 211 g/mol. The molecule has 0 aliphatic carbocycles. The van der Waals surface area contributed by atoms with Gasteiger partial charge < -0.3 is 9.64 Å². The van der Waals surface area contributed by atoms with E-state index in [1.165, 1.54) is 25.9 Å². The van der Waals surface area contributed by atoms with Crippen molar-refractivity contribution in [2.24, 2.45) is 0 Å². The molecule has 3 nitrogen and oxygen atoms in total. The first-order chi connectivity index (χ1) is 7.15. The van der Waals surface area contributed by atoms with Crippen molar-refractivity contribution in [3.8, 4) is 0 Å². The molecule has 87 valence electrons. The van der Waals surface area contributed by atoms with Gasteiger partial charge in [-0.2, -0.15) is 0 Å². The Balaban J connectivity index is 1.94. The van der Waals surface area contributed by atoms with Crippen LogP contribution in [0.2, 0.25) is 0 Å². The van der Waals surface area contributed by atoms with Crippen molar-refractivity contribution in [1.29, 1.82) is 0 Å². The summed E-state index contributed by atoms with van der Waals surface area (Å²) in [6.45, 7) is 8.82. The number of hydrogen-bond donors (Lipinski definition) is 0. The average molecular weight is 211 g/mol. The van der Waals surface area contributed by atoms with Crippen molar-refractivity contribution in [3.63, 3.8) is 0 Å². The Kier molecular flexibility index (Phi) is 3.33. The smallest absolute Gasteiger partial charge is 0.108 e. The van der Waals surface area contributed by atoms with Gasteiger partial charge in [-0.05, 0) is 33.2 Å². The molecule has 0 aromatic rings. The van der Waals surface area contributed by atoms with E-state index in [9.17, 15) is 0 Å². The number of piperidine rings is 1. The SMILES string of the molecule is C[CH]CN1CC2(CCN(C)CC2)OC1C. The predicted molar refractivity (Wildman–Crippen MR) is 61.6 cm³/mol. The van der Waals surface area contributed by atoms with Gasteiger partial charge in [0.1, 0.15) is 6.23 Å². The van der Waals surface area contributed by atoms with Crippen LogP contribution in [0.3, 0.4) is 0 Å². The van der Waals surface area contributed by atoms with E-state index in [0.29, 0.717) is 6.23 Å². The van der Waals surface area contributed by atoms with Gasteiger partial charge in [0.2, 0.25) is 0 Å². The summed E-state index contributed by atoms with van der Waals surface area (Å²) in [6.07, 6.45) is 4.89. The lowest BCUT2D eigenvalue weighted by molar-refractivity contribution is -0.0739. The minimum atomic E-state index is 0.162. The van der Waals surface area contributed by atoms with Gasteiger partial charge in [-0.3, -0.25) is 4.90 Å². The second-order valence-electron chi connectivity index (χ2n) is 5.04. The largest absolute Gasteiger partial charge is 0.356 e. The zero-order chi connectivity index (χ0) is 10.9. The summed E-state index contributed by atoms with van der Waals surface area (Å²) in [5.41, 5.74) is 0.162. The molecule has 2 aliphatic rings. The predicted octanol–water partition coefficient (Wildman–Crippen LogP) is 1.35. The van der Waals surface area contributed by atoms with Gasteiger partial charge in [-0.25, -0.2) is 0 Å². The molecule has 0 bridgehead atoms. The minimum Gasteiger partial charge on any atom is -0.356 e. The molecule has 2 heterocycles. The van der Waals surface area contributed by atoms with Crippen LogP contribution in [0.4, 0.5) is 0 Å². The molecule has 0 amide bonds. The summed E-state index contributed by atoms with van der Waals surface area (Å²) in [5.74, 6) is 0. The normalized spacial score (nSPS) is 32.6. The topological polar surface area (TPSA) is 15.7 Å². The molecule has 1 spiro atoms. The third kappa shape index (κ3) is 2.35. The zero-order valence-corrected chi connectivity index (χ0v) is 10.2. The van der Waals surface area contributed by atoms with E-state index < -0.39 is 0 Å². The van der Waals surface area contributed by atoms with E-state index in [1.54, 1.807) is 0 Å². The molecular weight excluding hydrogens is 188 g/mol. The third-order valence-corrected chi connectivity index (χ3v) is 3.74. The van der Waals surface area contributed by atoms with Crippen molar-refractivity contribution in [2.45, 2.75) is 38.5 Å². The highest BCUT2D eigenvalue weighted by Crippen LogP contribution is 2.34. The van der Waals surface area contributed by atoms with Gasteiger partial charge in [0.25, 0.3) is 0 Å². The molecule has 0 aromatic carbocycles. The van der Waals surface area contributed by atoms with Crippen LogP contribution in [0.25, 0.3) is 0 Å². The second kappa shape index (κ2) is 4.40. The van der Waals surface area contributed by atoms with Gasteiger partial charge in [0.15, 0.2) is 0 Å². The van der Waals surface area contributed by atoms with Crippen LogP contribution in [-0.2, 0) is 4.74 Å². The number of rotatable bonds is 2. The highest BCUT2D eigenvalue weighted by atomic mass is 16.5. The van der Waals surface area contributed by atoms with Crippen molar-refractivity contribution < 1.29 is 4.74 Å². The number of likely N-dealkylation sites (tertiary alicyclic amines) is 1. The van der Waals surface area contributed by atoms with Crippen LogP contribution >= 0.6 is 0 Å². The fourth-order valence-corrected chi connectivity index (χ4v) is 2.72. The first-order valence-electron chi connectivity index (χ1n) is 6.03. The minimum absolute atomic E-state index is 0.162. The van der Waals surface area contributed by atoms with Crippen LogP contribution in [0.15, 0.2) is 0 Å². The molecule has 1 unspecified atom stereocenters. The van der Waals surface area contributed by atoms with Gasteiger partial charge in [-0.15, -0.1) is 0 Å². The van der Waals surface area contributed by atoms with Gasteiger partial charge in [0, 0.05) is 26.2 Å². The molecule has 2 aliphatic heterocycles. The van der Waals surface area contributed by atoms with E-state index >= 15 is 0 Å². The van der Waals surface area contributed by atoms with Crippen molar-refractivity contribution >= 4 is 0 Å². The Bertz CT molecular complexity index is 212. The van der Waals surface area contributed by atoms with Crippen LogP contribution in [-0.4, -0.2) is 54.9 Å². The second-order valence-corrected chi connectivity index (χ2v) is 5.04. The van der Waals surface area contributed by atoms with Crippen molar-refractivity contribution in [2.75, 3.05) is 33.2 Å². The first-order valence-corrected chi connectivity index (χ1v) is 6.03. The van der Waals surface area contributed by atoms with Gasteiger partial charge in [-0.1, -0.05) is 6.92 Å². The maximum atomic E-state index is 6.18. The highest BCUT2D eigenvalue weighted by molar-refractivity contribution is 4.95. The Morgan fingerprint density at radius 3 is 2.67 bits per heavy atom. The van der Waals surface area contributed by atoms with Crippen LogP contribution in [0, 0.1) is 6.42 Å².